The molecule has 0 spiro atoms. The number of benzene rings is 2. The van der Waals surface area contributed by atoms with Gasteiger partial charge in [-0.1, -0.05) is 29.3 Å². The second-order valence-corrected chi connectivity index (χ2v) is 8.42. The van der Waals surface area contributed by atoms with Gasteiger partial charge in [0.25, 0.3) is 11.7 Å². The van der Waals surface area contributed by atoms with Crippen molar-refractivity contribution in [2.24, 2.45) is 0 Å². The van der Waals surface area contributed by atoms with Crippen LogP contribution in [0.5, 0.6) is 11.5 Å². The van der Waals surface area contributed by atoms with Crippen molar-refractivity contribution in [2.75, 3.05) is 19.1 Å². The number of ketones is 1. The number of methoxy groups -OCH3 is 2. The predicted molar refractivity (Wildman–Crippen MR) is 130 cm³/mol. The number of rotatable bonds is 5. The van der Waals surface area contributed by atoms with Crippen LogP contribution in [0, 0.1) is 6.92 Å². The van der Waals surface area contributed by atoms with Crippen molar-refractivity contribution < 1.29 is 24.2 Å². The van der Waals surface area contributed by atoms with Crippen LogP contribution in [0.25, 0.3) is 5.76 Å². The maximum atomic E-state index is 13.3. The lowest BCUT2D eigenvalue weighted by atomic mass is 9.95. The van der Waals surface area contributed by atoms with E-state index in [1.165, 1.54) is 31.3 Å². The van der Waals surface area contributed by atoms with Crippen LogP contribution in [0.1, 0.15) is 22.7 Å². The fourth-order valence-corrected chi connectivity index (χ4v) is 4.47. The number of amides is 1. The Kier molecular flexibility index (Phi) is 6.50. The zero-order valence-corrected chi connectivity index (χ0v) is 20.0. The molecular weight excluding hydrogens is 479 g/mol. The van der Waals surface area contributed by atoms with Crippen LogP contribution in [-0.2, 0) is 9.59 Å². The Labute approximate surface area is 206 Å². The van der Waals surface area contributed by atoms with Crippen molar-refractivity contribution in [3.63, 3.8) is 0 Å². The van der Waals surface area contributed by atoms with Gasteiger partial charge < -0.3 is 14.6 Å². The summed E-state index contributed by atoms with van der Waals surface area (Å²) in [5, 5.41) is 12.2. The highest BCUT2D eigenvalue weighted by Crippen LogP contribution is 2.45. The minimum absolute atomic E-state index is 0.116. The maximum absolute atomic E-state index is 13.3. The van der Waals surface area contributed by atoms with Gasteiger partial charge in [-0.15, -0.1) is 0 Å². The van der Waals surface area contributed by atoms with Gasteiger partial charge in [0.05, 0.1) is 36.4 Å². The first kappa shape index (κ1) is 23.6. The summed E-state index contributed by atoms with van der Waals surface area (Å²) in [4.78, 5) is 32.1. The molecule has 0 radical (unpaired) electrons. The topological polar surface area (TPSA) is 89.0 Å². The summed E-state index contributed by atoms with van der Waals surface area (Å²) < 4.78 is 10.7. The van der Waals surface area contributed by atoms with Crippen molar-refractivity contribution in [1.29, 1.82) is 0 Å². The lowest BCUT2D eigenvalue weighted by Crippen LogP contribution is -2.30. The summed E-state index contributed by atoms with van der Waals surface area (Å²) in [6.07, 6.45) is 3.12. The molecule has 2 heterocycles. The Morgan fingerprint density at radius 1 is 1.06 bits per heavy atom. The molecule has 1 N–H and O–H groups in total. The number of hydrogen-bond acceptors (Lipinski definition) is 6. The van der Waals surface area contributed by atoms with Crippen LogP contribution in [0.2, 0.25) is 10.0 Å². The Morgan fingerprint density at radius 2 is 1.79 bits per heavy atom. The van der Waals surface area contributed by atoms with Gasteiger partial charge in [-0.3, -0.25) is 19.5 Å². The fourth-order valence-electron chi connectivity index (χ4n) is 4.01. The Balaban J connectivity index is 2.01. The monoisotopic (exact) mass is 498 g/mol. The second-order valence-electron chi connectivity index (χ2n) is 7.57. The molecule has 1 aliphatic rings. The van der Waals surface area contributed by atoms with Crippen LogP contribution in [0.15, 0.2) is 60.4 Å². The minimum atomic E-state index is -0.944. The molecule has 0 bridgehead atoms. The van der Waals surface area contributed by atoms with E-state index in [2.05, 4.69) is 4.98 Å². The number of ether oxygens (including phenoxy) is 2. The number of carbonyl (C=O) groups is 2. The third kappa shape index (κ3) is 3.97. The number of hydrogen-bond donors (Lipinski definition) is 1. The number of carbonyl (C=O) groups excluding carboxylic acids is 2. The zero-order chi connectivity index (χ0) is 24.6. The van der Waals surface area contributed by atoms with Crippen LogP contribution >= 0.6 is 23.2 Å². The van der Waals surface area contributed by atoms with Gasteiger partial charge >= 0.3 is 0 Å². The molecule has 1 unspecified atom stereocenters. The molecule has 0 aliphatic carbocycles. The highest BCUT2D eigenvalue weighted by molar-refractivity contribution is 6.52. The lowest BCUT2D eigenvalue weighted by Gasteiger charge is -2.26. The zero-order valence-electron chi connectivity index (χ0n) is 18.5. The van der Waals surface area contributed by atoms with E-state index in [0.29, 0.717) is 21.8 Å². The van der Waals surface area contributed by atoms with E-state index in [1.807, 2.05) is 0 Å². The van der Waals surface area contributed by atoms with E-state index in [-0.39, 0.29) is 27.7 Å². The van der Waals surface area contributed by atoms with E-state index in [0.717, 1.165) is 0 Å². The Hall–Kier alpha value is -3.55. The number of aliphatic hydroxyl groups excluding tert-OH is 1. The predicted octanol–water partition coefficient (Wildman–Crippen LogP) is 5.34. The number of aliphatic hydroxyl groups is 1. The highest BCUT2D eigenvalue weighted by Gasteiger charge is 2.47. The molecule has 4 rings (SSSR count). The third-order valence-corrected chi connectivity index (χ3v) is 6.12. The van der Waals surface area contributed by atoms with Crippen molar-refractivity contribution >= 4 is 46.3 Å². The molecule has 1 atom stereocenters. The number of aromatic nitrogens is 1. The Morgan fingerprint density at radius 3 is 2.41 bits per heavy atom. The SMILES string of the molecule is COc1cc(/C(O)=C2\C(=O)C(=O)N(c3ccc(Cl)cc3C)C2c2cccnc2)c(OC)cc1Cl. The molecule has 0 saturated carbocycles. The number of Topliss-reactive ketones (excluding diaryl/α,β-unsaturated/α-hetero) is 1. The van der Waals surface area contributed by atoms with E-state index >= 15 is 0 Å². The van der Waals surface area contributed by atoms with Crippen LogP contribution in [0.4, 0.5) is 5.69 Å². The lowest BCUT2D eigenvalue weighted by molar-refractivity contribution is -0.132. The highest BCUT2D eigenvalue weighted by atomic mass is 35.5. The summed E-state index contributed by atoms with van der Waals surface area (Å²) in [6.45, 7) is 1.79. The molecule has 1 fully saturated rings. The van der Waals surface area contributed by atoms with E-state index in [1.54, 1.807) is 49.6 Å². The number of aryl methyl sites for hydroxylation is 1. The summed E-state index contributed by atoms with van der Waals surface area (Å²) >= 11 is 12.3. The van der Waals surface area contributed by atoms with Gasteiger partial charge in [-0.05, 0) is 48.4 Å². The molecular formula is C25H20Cl2N2O5. The molecule has 34 heavy (non-hydrogen) atoms. The van der Waals surface area contributed by atoms with Crippen LogP contribution < -0.4 is 14.4 Å². The molecule has 3 aromatic rings. The number of halogens is 2. The van der Waals surface area contributed by atoms with E-state index in [9.17, 15) is 14.7 Å². The van der Waals surface area contributed by atoms with Gasteiger partial charge in [0, 0.05) is 29.2 Å². The first-order valence-electron chi connectivity index (χ1n) is 10.2. The van der Waals surface area contributed by atoms with Gasteiger partial charge in [-0.2, -0.15) is 0 Å². The summed E-state index contributed by atoms with van der Waals surface area (Å²) in [5.74, 6) is -1.59. The van der Waals surface area contributed by atoms with Crippen LogP contribution in [-0.4, -0.2) is 36.0 Å². The molecule has 1 aromatic heterocycles. The molecule has 1 aliphatic heterocycles. The standard InChI is InChI=1S/C25H20Cl2N2O5/c1-13-9-15(26)6-7-18(13)29-22(14-5-4-8-28-12-14)21(24(31)25(29)32)23(30)16-10-20(34-3)17(27)11-19(16)33-2/h4-12,22,30H,1-3H3/b23-21+. The molecule has 174 valence electrons. The third-order valence-electron chi connectivity index (χ3n) is 5.59. The number of pyridine rings is 1. The molecule has 1 saturated heterocycles. The average molecular weight is 499 g/mol. The van der Waals surface area contributed by atoms with Crippen molar-refractivity contribution in [1.82, 2.24) is 4.98 Å². The van der Waals surface area contributed by atoms with Gasteiger partial charge in [0.1, 0.15) is 17.3 Å². The molecule has 2 aromatic carbocycles. The first-order chi connectivity index (χ1) is 16.3. The van der Waals surface area contributed by atoms with Crippen molar-refractivity contribution in [3.05, 3.63) is 87.2 Å². The molecule has 1 amide bonds. The summed E-state index contributed by atoms with van der Waals surface area (Å²) in [7, 11) is 2.83. The largest absolute Gasteiger partial charge is 0.507 e. The minimum Gasteiger partial charge on any atom is -0.507 e. The summed E-state index contributed by atoms with van der Waals surface area (Å²) in [5.41, 5.74) is 1.75. The maximum Gasteiger partial charge on any atom is 0.300 e. The molecule has 9 heteroatoms. The van der Waals surface area contributed by atoms with E-state index < -0.39 is 23.5 Å². The first-order valence-corrected chi connectivity index (χ1v) is 10.9. The molecule has 7 nitrogen and oxygen atoms in total. The average Bonchev–Trinajstić information content (AvgIpc) is 3.09. The quantitative estimate of drug-likeness (QED) is 0.290. The van der Waals surface area contributed by atoms with Crippen molar-refractivity contribution in [3.8, 4) is 11.5 Å². The fraction of sp³-hybridized carbons (Fsp3) is 0.160. The van der Waals surface area contributed by atoms with Crippen molar-refractivity contribution in [2.45, 2.75) is 13.0 Å². The Bertz CT molecular complexity index is 1320. The smallest absolute Gasteiger partial charge is 0.300 e. The van der Waals surface area contributed by atoms with Gasteiger partial charge in [0.2, 0.25) is 0 Å². The number of nitrogens with zero attached hydrogens (tertiary/aromatic N) is 2. The summed E-state index contributed by atoms with van der Waals surface area (Å²) in [6, 6.07) is 10.4. The van der Waals surface area contributed by atoms with Gasteiger partial charge in [-0.25, -0.2) is 0 Å². The van der Waals surface area contributed by atoms with E-state index in [4.69, 9.17) is 32.7 Å². The normalized spacial score (nSPS) is 17.2. The van der Waals surface area contributed by atoms with Gasteiger partial charge in [0.15, 0.2) is 0 Å². The second kappa shape index (κ2) is 9.37. The number of anilines is 1. The van der Waals surface area contributed by atoms with Crippen LogP contribution in [0.3, 0.4) is 0 Å².